The largest absolute Gasteiger partial charge is 0.479 e. The zero-order chi connectivity index (χ0) is 10.4. The highest BCUT2D eigenvalue weighted by molar-refractivity contribution is 5.71. The molecule has 0 aromatic carbocycles. The molecule has 0 aromatic heterocycles. The van der Waals surface area contributed by atoms with Gasteiger partial charge in [0.15, 0.2) is 6.10 Å². The summed E-state index contributed by atoms with van der Waals surface area (Å²) in [6.45, 7) is 4.16. The first-order chi connectivity index (χ1) is 6.70. The first kappa shape index (κ1) is 11.4. The van der Waals surface area contributed by atoms with Crippen molar-refractivity contribution >= 4 is 5.97 Å². The average molecular weight is 203 g/mol. The minimum Gasteiger partial charge on any atom is -0.479 e. The summed E-state index contributed by atoms with van der Waals surface area (Å²) in [7, 11) is 0. The zero-order valence-corrected chi connectivity index (χ0v) is 8.19. The first-order valence-corrected chi connectivity index (χ1v) is 4.91. The Morgan fingerprint density at radius 2 is 2.07 bits per heavy atom. The van der Waals surface area contributed by atoms with Crippen LogP contribution < -0.4 is 0 Å². The molecule has 0 amide bonds. The second-order valence-corrected chi connectivity index (χ2v) is 3.45. The van der Waals surface area contributed by atoms with Crippen molar-refractivity contribution in [2.24, 2.45) is 0 Å². The summed E-state index contributed by atoms with van der Waals surface area (Å²) in [5, 5.41) is 17.4. The third-order valence-electron chi connectivity index (χ3n) is 2.34. The molecular formula is C9H17NO4. The van der Waals surface area contributed by atoms with Gasteiger partial charge in [0, 0.05) is 13.1 Å². The van der Waals surface area contributed by atoms with Crippen molar-refractivity contribution < 1.29 is 19.7 Å². The molecule has 0 bridgehead atoms. The smallest absolute Gasteiger partial charge is 0.332 e. The molecule has 1 unspecified atom stereocenters. The molecule has 0 saturated carbocycles. The van der Waals surface area contributed by atoms with Gasteiger partial charge in [-0.2, -0.15) is 0 Å². The van der Waals surface area contributed by atoms with Gasteiger partial charge in [-0.25, -0.2) is 4.79 Å². The van der Waals surface area contributed by atoms with Crippen molar-refractivity contribution in [1.29, 1.82) is 0 Å². The van der Waals surface area contributed by atoms with Gasteiger partial charge in [-0.3, -0.25) is 4.90 Å². The predicted molar refractivity (Wildman–Crippen MR) is 50.1 cm³/mol. The van der Waals surface area contributed by atoms with Crippen LogP contribution in [0, 0.1) is 0 Å². The first-order valence-electron chi connectivity index (χ1n) is 4.91. The van der Waals surface area contributed by atoms with Gasteiger partial charge in [0.25, 0.3) is 0 Å². The molecule has 82 valence electrons. The zero-order valence-electron chi connectivity index (χ0n) is 8.19. The van der Waals surface area contributed by atoms with Crippen molar-refractivity contribution in [3.8, 4) is 0 Å². The fraction of sp³-hybridized carbons (Fsp3) is 0.889. The van der Waals surface area contributed by atoms with E-state index in [2.05, 4.69) is 4.90 Å². The van der Waals surface area contributed by atoms with Gasteiger partial charge in [-0.1, -0.05) is 0 Å². The molecule has 2 N–H and O–H groups in total. The summed E-state index contributed by atoms with van der Waals surface area (Å²) >= 11 is 0. The molecule has 1 aliphatic rings. The minimum atomic E-state index is -1.21. The quantitative estimate of drug-likeness (QED) is 0.633. The van der Waals surface area contributed by atoms with Crippen LogP contribution in [0.3, 0.4) is 0 Å². The molecule has 0 aliphatic carbocycles. The van der Waals surface area contributed by atoms with Gasteiger partial charge in [0.05, 0.1) is 13.2 Å². The number of hydrogen-bond donors (Lipinski definition) is 2. The van der Waals surface area contributed by atoms with Crippen molar-refractivity contribution in [2.75, 3.05) is 32.8 Å². The SMILES string of the molecule is O=C(O)C(O)CCCN1CCOCC1. The molecular weight excluding hydrogens is 186 g/mol. The lowest BCUT2D eigenvalue weighted by molar-refractivity contribution is -0.147. The van der Waals surface area contributed by atoms with Crippen LogP contribution in [0.5, 0.6) is 0 Å². The molecule has 0 radical (unpaired) electrons. The number of hydrogen-bond acceptors (Lipinski definition) is 4. The van der Waals surface area contributed by atoms with E-state index in [0.29, 0.717) is 12.8 Å². The van der Waals surface area contributed by atoms with Crippen molar-refractivity contribution in [3.05, 3.63) is 0 Å². The topological polar surface area (TPSA) is 70.0 Å². The summed E-state index contributed by atoms with van der Waals surface area (Å²) in [6, 6.07) is 0. The highest BCUT2D eigenvalue weighted by Gasteiger charge is 2.14. The normalized spacial score (nSPS) is 20.6. The fourth-order valence-electron chi connectivity index (χ4n) is 1.46. The molecule has 5 heteroatoms. The minimum absolute atomic E-state index is 0.326. The number of aliphatic hydroxyl groups excluding tert-OH is 1. The standard InChI is InChI=1S/C9H17NO4/c11-8(9(12)13)2-1-3-10-4-6-14-7-5-10/h8,11H,1-7H2,(H,12,13). The Kier molecular flexibility index (Phi) is 4.86. The van der Waals surface area contributed by atoms with Crippen LogP contribution in [0.1, 0.15) is 12.8 Å². The van der Waals surface area contributed by atoms with Crippen molar-refractivity contribution in [2.45, 2.75) is 18.9 Å². The van der Waals surface area contributed by atoms with Crippen LogP contribution in [-0.4, -0.2) is 60.0 Å². The van der Waals surface area contributed by atoms with Gasteiger partial charge < -0.3 is 14.9 Å². The van der Waals surface area contributed by atoms with E-state index in [4.69, 9.17) is 14.9 Å². The summed E-state index contributed by atoms with van der Waals surface area (Å²) in [4.78, 5) is 12.5. The molecule has 1 aliphatic heterocycles. The number of aliphatic hydroxyl groups is 1. The lowest BCUT2D eigenvalue weighted by Crippen LogP contribution is -2.37. The van der Waals surface area contributed by atoms with Gasteiger partial charge in [-0.05, 0) is 19.4 Å². The maximum absolute atomic E-state index is 10.3. The molecule has 1 rings (SSSR count). The number of morpholine rings is 1. The van der Waals surface area contributed by atoms with Crippen LogP contribution in [-0.2, 0) is 9.53 Å². The van der Waals surface area contributed by atoms with Crippen LogP contribution >= 0.6 is 0 Å². The van der Waals surface area contributed by atoms with Gasteiger partial charge in [0.2, 0.25) is 0 Å². The molecule has 1 heterocycles. The Hall–Kier alpha value is -0.650. The number of carboxylic acids is 1. The van der Waals surface area contributed by atoms with Crippen LogP contribution in [0.15, 0.2) is 0 Å². The second-order valence-electron chi connectivity index (χ2n) is 3.45. The van der Waals surface area contributed by atoms with Crippen LogP contribution in [0.4, 0.5) is 0 Å². The molecule has 5 nitrogen and oxygen atoms in total. The number of aliphatic carboxylic acids is 1. The lowest BCUT2D eigenvalue weighted by atomic mass is 10.2. The third kappa shape index (κ3) is 4.04. The summed E-state index contributed by atoms with van der Waals surface area (Å²) in [5.41, 5.74) is 0. The number of nitrogens with zero attached hydrogens (tertiary/aromatic N) is 1. The molecule has 0 spiro atoms. The highest BCUT2D eigenvalue weighted by atomic mass is 16.5. The molecule has 14 heavy (non-hydrogen) atoms. The van der Waals surface area contributed by atoms with E-state index in [-0.39, 0.29) is 0 Å². The Morgan fingerprint density at radius 1 is 1.43 bits per heavy atom. The molecule has 1 atom stereocenters. The van der Waals surface area contributed by atoms with Gasteiger partial charge in [-0.15, -0.1) is 0 Å². The third-order valence-corrected chi connectivity index (χ3v) is 2.34. The number of carboxylic acid groups (broad SMARTS) is 1. The van der Waals surface area contributed by atoms with Gasteiger partial charge in [0.1, 0.15) is 0 Å². The summed E-state index contributed by atoms with van der Waals surface area (Å²) < 4.78 is 5.18. The maximum atomic E-state index is 10.3. The summed E-state index contributed by atoms with van der Waals surface area (Å²) in [6.07, 6.45) is -0.170. The Bertz CT molecular complexity index is 180. The van der Waals surface area contributed by atoms with Gasteiger partial charge >= 0.3 is 5.97 Å². The molecule has 1 fully saturated rings. The average Bonchev–Trinajstić information content (AvgIpc) is 2.19. The van der Waals surface area contributed by atoms with Crippen LogP contribution in [0.25, 0.3) is 0 Å². The van der Waals surface area contributed by atoms with E-state index in [9.17, 15) is 4.79 Å². The number of rotatable bonds is 5. The van der Waals surface area contributed by atoms with E-state index in [1.165, 1.54) is 0 Å². The van der Waals surface area contributed by atoms with Crippen LogP contribution in [0.2, 0.25) is 0 Å². The Labute approximate surface area is 83.3 Å². The second kappa shape index (κ2) is 5.95. The summed E-state index contributed by atoms with van der Waals surface area (Å²) in [5.74, 6) is -1.13. The molecule has 1 saturated heterocycles. The van der Waals surface area contributed by atoms with Crippen molar-refractivity contribution in [3.63, 3.8) is 0 Å². The number of carbonyl (C=O) groups is 1. The van der Waals surface area contributed by atoms with E-state index in [0.717, 1.165) is 32.8 Å². The lowest BCUT2D eigenvalue weighted by Gasteiger charge is -2.26. The van der Waals surface area contributed by atoms with E-state index in [1.54, 1.807) is 0 Å². The fourth-order valence-corrected chi connectivity index (χ4v) is 1.46. The van der Waals surface area contributed by atoms with E-state index in [1.807, 2.05) is 0 Å². The maximum Gasteiger partial charge on any atom is 0.332 e. The van der Waals surface area contributed by atoms with E-state index >= 15 is 0 Å². The molecule has 0 aromatic rings. The Balaban J connectivity index is 2.05. The predicted octanol–water partition coefficient (Wildman–Crippen LogP) is -0.456. The highest BCUT2D eigenvalue weighted by Crippen LogP contribution is 2.02. The number of ether oxygens (including phenoxy) is 1. The monoisotopic (exact) mass is 203 g/mol. The van der Waals surface area contributed by atoms with Crippen molar-refractivity contribution in [1.82, 2.24) is 4.90 Å². The Morgan fingerprint density at radius 3 is 2.64 bits per heavy atom. The van der Waals surface area contributed by atoms with E-state index < -0.39 is 12.1 Å².